The van der Waals surface area contributed by atoms with Gasteiger partial charge in [0.1, 0.15) is 0 Å². The minimum atomic E-state index is 0.405. The van der Waals surface area contributed by atoms with Gasteiger partial charge in [-0.2, -0.15) is 0 Å². The predicted octanol–water partition coefficient (Wildman–Crippen LogP) is 5.04. The maximum atomic E-state index is 8.82. The molecule has 0 aliphatic carbocycles. The van der Waals surface area contributed by atoms with E-state index in [9.17, 15) is 0 Å². The van der Waals surface area contributed by atoms with Gasteiger partial charge < -0.3 is 9.88 Å². The number of aryl methyl sites for hydroxylation is 1. The molecule has 0 unspecified atom stereocenters. The number of hydrogen-bond donors (Lipinski definition) is 2. The molecule has 0 atom stereocenters. The summed E-state index contributed by atoms with van der Waals surface area (Å²) < 4.78 is 3.88. The molecule has 0 spiro atoms. The molecule has 31 heavy (non-hydrogen) atoms. The number of benzene rings is 3. The molecule has 0 fully saturated rings. The zero-order chi connectivity index (χ0) is 21.5. The number of rotatable bonds is 4. The normalized spacial score (nSPS) is 11.5. The van der Waals surface area contributed by atoms with Crippen molar-refractivity contribution in [3.63, 3.8) is 0 Å². The van der Waals surface area contributed by atoms with Crippen molar-refractivity contribution in [2.75, 3.05) is 7.05 Å². The molecular weight excluding hydrogens is 406 g/mol. The van der Waals surface area contributed by atoms with Gasteiger partial charge in [-0.3, -0.25) is 15.0 Å². The Kier molecular flexibility index (Phi) is 4.85. The van der Waals surface area contributed by atoms with Gasteiger partial charge in [-0.15, -0.1) is 0 Å². The Hall–Kier alpha value is -3.41. The largest absolute Gasteiger partial charge is 0.316 e. The molecule has 0 saturated carbocycles. The molecule has 2 heterocycles. The van der Waals surface area contributed by atoms with Crippen LogP contribution in [-0.2, 0) is 13.6 Å². The van der Waals surface area contributed by atoms with Crippen LogP contribution in [0.25, 0.3) is 38.8 Å². The van der Waals surface area contributed by atoms with E-state index in [0.717, 1.165) is 50.3 Å². The van der Waals surface area contributed by atoms with Crippen molar-refractivity contribution in [3.05, 3.63) is 89.1 Å². The summed E-state index contributed by atoms with van der Waals surface area (Å²) in [7, 11) is 3.85. The number of aromatic nitrogens is 3. The molecular formula is C25H22ClN5. The van der Waals surface area contributed by atoms with E-state index in [1.54, 1.807) is 0 Å². The highest BCUT2D eigenvalue weighted by Gasteiger charge is 2.15. The van der Waals surface area contributed by atoms with Gasteiger partial charge in [-0.25, -0.2) is 0 Å². The van der Waals surface area contributed by atoms with E-state index in [1.807, 2.05) is 71.9 Å². The Labute approximate surface area is 185 Å². The number of fused-ring (bicyclic) bond motifs is 3. The second-order valence-electron chi connectivity index (χ2n) is 7.65. The van der Waals surface area contributed by atoms with E-state index in [0.29, 0.717) is 5.62 Å². The first-order chi connectivity index (χ1) is 15.1. The minimum absolute atomic E-state index is 0.405. The molecule has 0 saturated heterocycles. The predicted molar refractivity (Wildman–Crippen MR) is 127 cm³/mol. The number of hydrogen-bond acceptors (Lipinski definition) is 3. The van der Waals surface area contributed by atoms with Crippen LogP contribution in [0.3, 0.4) is 0 Å². The van der Waals surface area contributed by atoms with Crippen LogP contribution >= 0.6 is 11.6 Å². The third-order valence-electron chi connectivity index (χ3n) is 5.66. The van der Waals surface area contributed by atoms with Crippen molar-refractivity contribution in [1.29, 1.82) is 5.41 Å². The maximum absolute atomic E-state index is 8.82. The molecule has 3 aromatic carbocycles. The summed E-state index contributed by atoms with van der Waals surface area (Å²) in [6.45, 7) is 0.773. The zero-order valence-corrected chi connectivity index (χ0v) is 18.1. The number of imidazole rings is 1. The van der Waals surface area contributed by atoms with Gasteiger partial charge in [0.15, 0.2) is 0 Å². The Morgan fingerprint density at radius 2 is 1.77 bits per heavy atom. The monoisotopic (exact) mass is 427 g/mol. The van der Waals surface area contributed by atoms with Crippen molar-refractivity contribution in [1.82, 2.24) is 19.4 Å². The van der Waals surface area contributed by atoms with Crippen molar-refractivity contribution in [2.24, 2.45) is 7.05 Å². The SMILES string of the molecule is CNCc1cccc(-n2c(=N)n(C)c3cnc4ccc(-c5ccc(Cl)cc5)cc4c32)c1. The summed E-state index contributed by atoms with van der Waals surface area (Å²) in [5.74, 6) is 0. The molecule has 6 heteroatoms. The van der Waals surface area contributed by atoms with Crippen LogP contribution in [0.4, 0.5) is 0 Å². The Morgan fingerprint density at radius 1 is 1.00 bits per heavy atom. The first-order valence-electron chi connectivity index (χ1n) is 10.1. The molecule has 5 nitrogen and oxygen atoms in total. The van der Waals surface area contributed by atoms with Gasteiger partial charge in [0.25, 0.3) is 0 Å². The first kappa shape index (κ1) is 19.5. The fourth-order valence-electron chi connectivity index (χ4n) is 4.10. The second-order valence-corrected chi connectivity index (χ2v) is 8.09. The summed E-state index contributed by atoms with van der Waals surface area (Å²) >= 11 is 6.07. The fourth-order valence-corrected chi connectivity index (χ4v) is 4.23. The van der Waals surface area contributed by atoms with Crippen molar-refractivity contribution in [2.45, 2.75) is 6.54 Å². The lowest BCUT2D eigenvalue weighted by Crippen LogP contribution is -2.21. The number of pyridine rings is 1. The Balaban J connectivity index is 1.82. The highest BCUT2D eigenvalue weighted by Crippen LogP contribution is 2.30. The van der Waals surface area contributed by atoms with E-state index in [-0.39, 0.29) is 0 Å². The average molecular weight is 428 g/mol. The molecule has 5 aromatic rings. The number of halogens is 1. The van der Waals surface area contributed by atoms with E-state index in [2.05, 4.69) is 34.6 Å². The van der Waals surface area contributed by atoms with E-state index in [1.165, 1.54) is 5.56 Å². The Morgan fingerprint density at radius 3 is 2.55 bits per heavy atom. The molecule has 0 radical (unpaired) electrons. The smallest absolute Gasteiger partial charge is 0.207 e. The van der Waals surface area contributed by atoms with Crippen LogP contribution in [0.2, 0.25) is 5.02 Å². The van der Waals surface area contributed by atoms with Crippen LogP contribution < -0.4 is 10.9 Å². The van der Waals surface area contributed by atoms with Gasteiger partial charge >= 0.3 is 0 Å². The van der Waals surface area contributed by atoms with Gasteiger partial charge in [-0.05, 0) is 60.1 Å². The second kappa shape index (κ2) is 7.69. The van der Waals surface area contributed by atoms with Gasteiger partial charge in [-0.1, -0.05) is 41.9 Å². The van der Waals surface area contributed by atoms with Crippen LogP contribution in [0.5, 0.6) is 0 Å². The molecule has 5 rings (SSSR count). The molecule has 0 bridgehead atoms. The average Bonchev–Trinajstić information content (AvgIpc) is 3.05. The third kappa shape index (κ3) is 3.32. The summed E-state index contributed by atoms with van der Waals surface area (Å²) in [5.41, 5.74) is 7.52. The van der Waals surface area contributed by atoms with Gasteiger partial charge in [0.2, 0.25) is 5.62 Å². The van der Waals surface area contributed by atoms with Gasteiger partial charge in [0.05, 0.1) is 22.7 Å². The standard InChI is InChI=1S/C25H22ClN5/c1-28-14-16-4-3-5-20(12-16)31-24-21-13-18(17-6-9-19(26)10-7-17)8-11-22(21)29-15-23(24)30(2)25(31)27/h3-13,15,27-28H,14H2,1-2H3. The summed E-state index contributed by atoms with van der Waals surface area (Å²) in [6.07, 6.45) is 1.85. The molecule has 0 aliphatic heterocycles. The van der Waals surface area contributed by atoms with Crippen LogP contribution in [0.1, 0.15) is 5.56 Å². The molecule has 0 amide bonds. The van der Waals surface area contributed by atoms with Crippen LogP contribution in [0.15, 0.2) is 72.9 Å². The van der Waals surface area contributed by atoms with Crippen molar-refractivity contribution >= 4 is 33.5 Å². The quantitative estimate of drug-likeness (QED) is 0.422. The highest BCUT2D eigenvalue weighted by atomic mass is 35.5. The number of nitrogens with zero attached hydrogens (tertiary/aromatic N) is 3. The summed E-state index contributed by atoms with van der Waals surface area (Å²) in [6, 6.07) is 22.4. The topological polar surface area (TPSA) is 58.6 Å². The maximum Gasteiger partial charge on any atom is 0.207 e. The van der Waals surface area contributed by atoms with Crippen LogP contribution in [-0.4, -0.2) is 21.2 Å². The summed E-state index contributed by atoms with van der Waals surface area (Å²) in [5, 5.41) is 13.7. The highest BCUT2D eigenvalue weighted by molar-refractivity contribution is 6.30. The van der Waals surface area contributed by atoms with E-state index in [4.69, 9.17) is 17.0 Å². The lowest BCUT2D eigenvalue weighted by Gasteiger charge is -2.10. The van der Waals surface area contributed by atoms with Crippen LogP contribution in [0, 0.1) is 5.41 Å². The molecule has 0 aliphatic rings. The third-order valence-corrected chi connectivity index (χ3v) is 5.91. The van der Waals surface area contributed by atoms with Crippen molar-refractivity contribution < 1.29 is 0 Å². The molecule has 2 N–H and O–H groups in total. The van der Waals surface area contributed by atoms with E-state index < -0.39 is 0 Å². The minimum Gasteiger partial charge on any atom is -0.316 e. The summed E-state index contributed by atoms with van der Waals surface area (Å²) in [4.78, 5) is 4.67. The van der Waals surface area contributed by atoms with Crippen molar-refractivity contribution in [3.8, 4) is 16.8 Å². The molecule has 154 valence electrons. The lowest BCUT2D eigenvalue weighted by molar-refractivity contribution is 0.783. The lowest BCUT2D eigenvalue weighted by atomic mass is 10.0. The Bertz CT molecular complexity index is 1480. The first-order valence-corrected chi connectivity index (χ1v) is 10.5. The zero-order valence-electron chi connectivity index (χ0n) is 17.4. The number of nitrogens with one attached hydrogen (secondary N) is 2. The van der Waals surface area contributed by atoms with E-state index >= 15 is 0 Å². The van der Waals surface area contributed by atoms with Gasteiger partial charge in [0, 0.05) is 29.7 Å². The molecule has 2 aromatic heterocycles. The fraction of sp³-hybridized carbons (Fsp3) is 0.120.